The molecule has 1 atom stereocenters. The van der Waals surface area contributed by atoms with Crippen LogP contribution in [0.2, 0.25) is 0 Å². The highest BCUT2D eigenvalue weighted by atomic mass is 35.5. The fourth-order valence-corrected chi connectivity index (χ4v) is 1.77. The number of hydrogen-bond donors (Lipinski definition) is 1. The summed E-state index contributed by atoms with van der Waals surface area (Å²) in [5.74, 6) is 1.24. The molecule has 1 aliphatic heterocycles. The molecule has 0 spiro atoms. The predicted octanol–water partition coefficient (Wildman–Crippen LogP) is 1.76. The lowest BCUT2D eigenvalue weighted by Crippen LogP contribution is -2.11. The third kappa shape index (κ3) is 2.02. The normalized spacial score (nSPS) is 16.1. The summed E-state index contributed by atoms with van der Waals surface area (Å²) in [7, 11) is 0. The molecule has 2 nitrogen and oxygen atoms in total. The Hall–Kier alpha value is -0.730. The maximum Gasteiger partial charge on any atom is 0.122 e. The van der Waals surface area contributed by atoms with E-state index in [2.05, 4.69) is 6.07 Å². The van der Waals surface area contributed by atoms with Crippen LogP contribution in [0.4, 0.5) is 0 Å². The van der Waals surface area contributed by atoms with Crippen molar-refractivity contribution in [2.24, 2.45) is 0 Å². The maximum absolute atomic E-state index is 9.39. The van der Waals surface area contributed by atoms with Gasteiger partial charge in [0.15, 0.2) is 0 Å². The number of fused-ring (bicyclic) bond motifs is 1. The van der Waals surface area contributed by atoms with Crippen LogP contribution in [0.5, 0.6) is 5.75 Å². The largest absolute Gasteiger partial charge is 0.493 e. The molecule has 0 amide bonds. The fraction of sp³-hybridized carbons (Fsp3) is 0.455. The first-order chi connectivity index (χ1) is 6.79. The second kappa shape index (κ2) is 4.20. The predicted molar refractivity (Wildman–Crippen MR) is 56.1 cm³/mol. The highest BCUT2D eigenvalue weighted by Crippen LogP contribution is 2.26. The van der Waals surface area contributed by atoms with Gasteiger partial charge in [0, 0.05) is 12.3 Å². The first-order valence-corrected chi connectivity index (χ1v) is 5.31. The van der Waals surface area contributed by atoms with Gasteiger partial charge in [-0.15, -0.1) is 11.6 Å². The SMILES string of the molecule is OC(CCl)Cc1ccc2c(c1)OCC2. The minimum atomic E-state index is -0.462. The Balaban J connectivity index is 2.12. The summed E-state index contributed by atoms with van der Waals surface area (Å²) < 4.78 is 5.44. The molecule has 0 saturated carbocycles. The van der Waals surface area contributed by atoms with Crippen molar-refractivity contribution in [2.75, 3.05) is 12.5 Å². The Morgan fingerprint density at radius 2 is 2.36 bits per heavy atom. The number of aliphatic hydroxyl groups is 1. The zero-order valence-corrected chi connectivity index (χ0v) is 8.63. The van der Waals surface area contributed by atoms with Gasteiger partial charge in [-0.25, -0.2) is 0 Å². The number of alkyl halides is 1. The summed E-state index contributed by atoms with van der Waals surface area (Å²) in [4.78, 5) is 0. The van der Waals surface area contributed by atoms with E-state index >= 15 is 0 Å². The lowest BCUT2D eigenvalue weighted by Gasteiger charge is -2.07. The molecule has 1 unspecified atom stereocenters. The van der Waals surface area contributed by atoms with Crippen LogP contribution in [-0.4, -0.2) is 23.7 Å². The average molecular weight is 213 g/mol. The van der Waals surface area contributed by atoms with E-state index in [1.165, 1.54) is 5.56 Å². The number of rotatable bonds is 3. The molecule has 0 bridgehead atoms. The smallest absolute Gasteiger partial charge is 0.122 e. The van der Waals surface area contributed by atoms with Gasteiger partial charge in [0.1, 0.15) is 5.75 Å². The van der Waals surface area contributed by atoms with Crippen LogP contribution in [0.1, 0.15) is 11.1 Å². The molecule has 0 fully saturated rings. The van der Waals surface area contributed by atoms with Crippen molar-refractivity contribution >= 4 is 11.6 Å². The van der Waals surface area contributed by atoms with E-state index in [9.17, 15) is 5.11 Å². The van der Waals surface area contributed by atoms with Crippen molar-refractivity contribution in [1.82, 2.24) is 0 Å². The zero-order valence-electron chi connectivity index (χ0n) is 7.87. The molecule has 0 aromatic heterocycles. The van der Waals surface area contributed by atoms with Gasteiger partial charge in [0.2, 0.25) is 0 Å². The van der Waals surface area contributed by atoms with Gasteiger partial charge in [-0.1, -0.05) is 12.1 Å². The molecule has 1 aromatic carbocycles. The summed E-state index contributed by atoms with van der Waals surface area (Å²) in [5, 5.41) is 9.39. The van der Waals surface area contributed by atoms with Crippen molar-refractivity contribution in [3.63, 3.8) is 0 Å². The topological polar surface area (TPSA) is 29.5 Å². The quantitative estimate of drug-likeness (QED) is 0.774. The third-order valence-corrected chi connectivity index (χ3v) is 2.77. The van der Waals surface area contributed by atoms with Crippen LogP contribution in [-0.2, 0) is 12.8 Å². The highest BCUT2D eigenvalue weighted by Gasteiger charge is 2.13. The Kier molecular flexibility index (Phi) is 2.94. The molecule has 0 radical (unpaired) electrons. The molecule has 14 heavy (non-hydrogen) atoms. The molecule has 0 aliphatic carbocycles. The summed E-state index contributed by atoms with van der Waals surface area (Å²) in [5.41, 5.74) is 2.34. The van der Waals surface area contributed by atoms with Gasteiger partial charge in [0.05, 0.1) is 12.7 Å². The van der Waals surface area contributed by atoms with E-state index in [0.717, 1.165) is 24.3 Å². The van der Waals surface area contributed by atoms with Crippen molar-refractivity contribution in [3.05, 3.63) is 29.3 Å². The molecule has 1 aliphatic rings. The molecule has 0 saturated heterocycles. The molecule has 1 aromatic rings. The van der Waals surface area contributed by atoms with Crippen LogP contribution < -0.4 is 4.74 Å². The van der Waals surface area contributed by atoms with Gasteiger partial charge in [-0.05, 0) is 23.6 Å². The van der Waals surface area contributed by atoms with Crippen molar-refractivity contribution in [2.45, 2.75) is 18.9 Å². The summed E-state index contributed by atoms with van der Waals surface area (Å²) in [6.45, 7) is 0.775. The first-order valence-electron chi connectivity index (χ1n) is 4.78. The van der Waals surface area contributed by atoms with Crippen molar-refractivity contribution in [1.29, 1.82) is 0 Å². The number of ether oxygens (including phenoxy) is 1. The lowest BCUT2D eigenvalue weighted by molar-refractivity contribution is 0.198. The van der Waals surface area contributed by atoms with Gasteiger partial charge >= 0.3 is 0 Å². The highest BCUT2D eigenvalue weighted by molar-refractivity contribution is 6.18. The second-order valence-electron chi connectivity index (χ2n) is 3.55. The van der Waals surface area contributed by atoms with Gasteiger partial charge in [-0.2, -0.15) is 0 Å². The standard InChI is InChI=1S/C11H13ClO2/c12-7-10(13)5-8-1-2-9-3-4-14-11(9)6-8/h1-2,6,10,13H,3-5,7H2. The first kappa shape index (κ1) is 9.81. The molecule has 3 heteroatoms. The van der Waals surface area contributed by atoms with Crippen LogP contribution in [0.25, 0.3) is 0 Å². The summed E-state index contributed by atoms with van der Waals surface area (Å²) >= 11 is 5.54. The number of hydrogen-bond acceptors (Lipinski definition) is 2. The van der Waals surface area contributed by atoms with Gasteiger partial charge in [-0.3, -0.25) is 0 Å². The Morgan fingerprint density at radius 3 is 3.14 bits per heavy atom. The van der Waals surface area contributed by atoms with Gasteiger partial charge < -0.3 is 9.84 Å². The van der Waals surface area contributed by atoms with Crippen LogP contribution >= 0.6 is 11.6 Å². The van der Waals surface area contributed by atoms with Crippen LogP contribution in [0, 0.1) is 0 Å². The number of halogens is 1. The second-order valence-corrected chi connectivity index (χ2v) is 3.86. The van der Waals surface area contributed by atoms with E-state index < -0.39 is 6.10 Å². The molecular weight excluding hydrogens is 200 g/mol. The monoisotopic (exact) mass is 212 g/mol. The summed E-state index contributed by atoms with van der Waals surface area (Å²) in [6.07, 6.45) is 1.13. The van der Waals surface area contributed by atoms with E-state index in [0.29, 0.717) is 6.42 Å². The van der Waals surface area contributed by atoms with Crippen molar-refractivity contribution < 1.29 is 9.84 Å². The molecule has 1 heterocycles. The van der Waals surface area contributed by atoms with E-state index in [1.54, 1.807) is 0 Å². The Labute approximate surface area is 88.5 Å². The number of benzene rings is 1. The van der Waals surface area contributed by atoms with Gasteiger partial charge in [0.25, 0.3) is 0 Å². The van der Waals surface area contributed by atoms with E-state index in [4.69, 9.17) is 16.3 Å². The molecule has 76 valence electrons. The minimum Gasteiger partial charge on any atom is -0.493 e. The van der Waals surface area contributed by atoms with Crippen molar-refractivity contribution in [3.8, 4) is 5.75 Å². The zero-order chi connectivity index (χ0) is 9.97. The third-order valence-electron chi connectivity index (χ3n) is 2.41. The molecule has 1 N–H and O–H groups in total. The Morgan fingerprint density at radius 1 is 1.50 bits per heavy atom. The molecular formula is C11H13ClO2. The maximum atomic E-state index is 9.39. The fourth-order valence-electron chi connectivity index (χ4n) is 1.66. The minimum absolute atomic E-state index is 0.276. The average Bonchev–Trinajstić information content (AvgIpc) is 2.64. The van der Waals surface area contributed by atoms with E-state index in [1.807, 2.05) is 12.1 Å². The number of aliphatic hydroxyl groups excluding tert-OH is 1. The molecule has 2 rings (SSSR count). The van der Waals surface area contributed by atoms with E-state index in [-0.39, 0.29) is 5.88 Å². The lowest BCUT2D eigenvalue weighted by atomic mass is 10.1. The summed E-state index contributed by atoms with van der Waals surface area (Å²) in [6, 6.07) is 6.10. The Bertz CT molecular complexity index is 325. The van der Waals surface area contributed by atoms with Crippen LogP contribution in [0.15, 0.2) is 18.2 Å². The van der Waals surface area contributed by atoms with Crippen LogP contribution in [0.3, 0.4) is 0 Å².